The van der Waals surface area contributed by atoms with E-state index in [-0.39, 0.29) is 6.04 Å². The lowest BCUT2D eigenvalue weighted by molar-refractivity contribution is 0.181. The second-order valence-electron chi connectivity index (χ2n) is 2.83. The third kappa shape index (κ3) is 2.53. The number of halogens is 3. The average Bonchev–Trinajstić information content (AvgIpc) is 2.15. The van der Waals surface area contributed by atoms with Gasteiger partial charge in [0.05, 0.1) is 27.7 Å². The Morgan fingerprint density at radius 1 is 1.29 bits per heavy atom. The molecular formula is C9H10Cl3NO. The van der Waals surface area contributed by atoms with E-state index < -0.39 is 0 Å². The maximum absolute atomic E-state index is 5.98. The molecule has 2 N–H and O–H groups in total. The minimum Gasteiger partial charge on any atom is -0.383 e. The van der Waals surface area contributed by atoms with Gasteiger partial charge in [0.15, 0.2) is 0 Å². The van der Waals surface area contributed by atoms with Gasteiger partial charge in [0.2, 0.25) is 0 Å². The molecule has 14 heavy (non-hydrogen) atoms. The summed E-state index contributed by atoms with van der Waals surface area (Å²) in [5.41, 5.74) is 6.55. The van der Waals surface area contributed by atoms with Gasteiger partial charge in [-0.1, -0.05) is 40.9 Å². The molecule has 0 aromatic heterocycles. The van der Waals surface area contributed by atoms with Crippen molar-refractivity contribution in [3.63, 3.8) is 0 Å². The molecule has 0 aliphatic carbocycles. The smallest absolute Gasteiger partial charge is 0.0781 e. The molecular weight excluding hydrogens is 244 g/mol. The number of methoxy groups -OCH3 is 1. The van der Waals surface area contributed by atoms with Crippen LogP contribution in [0, 0.1) is 0 Å². The summed E-state index contributed by atoms with van der Waals surface area (Å²) in [5, 5.41) is 1.14. The zero-order valence-electron chi connectivity index (χ0n) is 7.56. The topological polar surface area (TPSA) is 35.2 Å². The van der Waals surface area contributed by atoms with Gasteiger partial charge >= 0.3 is 0 Å². The minimum absolute atomic E-state index is 0.290. The van der Waals surface area contributed by atoms with Crippen LogP contribution in [-0.4, -0.2) is 13.7 Å². The summed E-state index contributed by atoms with van der Waals surface area (Å²) in [7, 11) is 1.57. The van der Waals surface area contributed by atoms with Gasteiger partial charge in [0, 0.05) is 7.11 Å². The van der Waals surface area contributed by atoms with E-state index in [1.165, 1.54) is 0 Å². The van der Waals surface area contributed by atoms with Crippen LogP contribution in [-0.2, 0) is 4.74 Å². The molecule has 0 saturated carbocycles. The van der Waals surface area contributed by atoms with Crippen molar-refractivity contribution in [3.8, 4) is 0 Å². The molecule has 1 aromatic carbocycles. The maximum Gasteiger partial charge on any atom is 0.0781 e. The van der Waals surface area contributed by atoms with Crippen LogP contribution in [0.2, 0.25) is 15.1 Å². The van der Waals surface area contributed by atoms with Crippen LogP contribution in [0.1, 0.15) is 11.6 Å². The van der Waals surface area contributed by atoms with Gasteiger partial charge < -0.3 is 10.5 Å². The van der Waals surface area contributed by atoms with E-state index in [1.807, 2.05) is 0 Å². The quantitative estimate of drug-likeness (QED) is 0.840. The van der Waals surface area contributed by atoms with Crippen LogP contribution in [0.5, 0.6) is 0 Å². The van der Waals surface area contributed by atoms with Crippen molar-refractivity contribution in [2.75, 3.05) is 13.7 Å². The van der Waals surface area contributed by atoms with Crippen molar-refractivity contribution in [1.29, 1.82) is 0 Å². The second-order valence-corrected chi connectivity index (χ2v) is 3.99. The summed E-state index contributed by atoms with van der Waals surface area (Å²) in [6, 6.07) is 3.13. The normalized spacial score (nSPS) is 12.9. The first-order chi connectivity index (χ1) is 6.57. The highest BCUT2D eigenvalue weighted by molar-refractivity contribution is 6.48. The molecule has 1 rings (SSSR count). The summed E-state index contributed by atoms with van der Waals surface area (Å²) < 4.78 is 4.92. The molecule has 2 nitrogen and oxygen atoms in total. The fourth-order valence-electron chi connectivity index (χ4n) is 1.10. The largest absolute Gasteiger partial charge is 0.383 e. The zero-order valence-corrected chi connectivity index (χ0v) is 9.83. The van der Waals surface area contributed by atoms with Crippen molar-refractivity contribution in [2.24, 2.45) is 5.73 Å². The zero-order chi connectivity index (χ0) is 10.7. The Balaban J connectivity index is 3.04. The molecule has 0 saturated heterocycles. The lowest BCUT2D eigenvalue weighted by atomic mass is 10.1. The fourth-order valence-corrected chi connectivity index (χ4v) is 1.78. The summed E-state index contributed by atoms with van der Waals surface area (Å²) >= 11 is 17.6. The van der Waals surface area contributed by atoms with Gasteiger partial charge in [-0.25, -0.2) is 0 Å². The molecule has 0 unspecified atom stereocenters. The van der Waals surface area contributed by atoms with Gasteiger partial charge in [-0.2, -0.15) is 0 Å². The van der Waals surface area contributed by atoms with Gasteiger partial charge in [-0.15, -0.1) is 0 Å². The standard InChI is InChI=1S/C9H10Cl3NO/c1-14-4-7(13)5-2-3-6(10)9(12)8(5)11/h2-3,7H,4,13H2,1H3/t7-/m0/s1. The highest BCUT2D eigenvalue weighted by atomic mass is 35.5. The maximum atomic E-state index is 5.98. The number of nitrogens with two attached hydrogens (primary N) is 1. The Labute approximate surface area is 97.9 Å². The molecule has 1 atom stereocenters. The molecule has 5 heteroatoms. The number of rotatable bonds is 3. The van der Waals surface area contributed by atoms with E-state index in [9.17, 15) is 0 Å². The number of ether oxygens (including phenoxy) is 1. The Morgan fingerprint density at radius 3 is 2.50 bits per heavy atom. The molecule has 0 heterocycles. The summed E-state index contributed by atoms with van der Waals surface area (Å²) in [6.45, 7) is 0.387. The van der Waals surface area contributed by atoms with Gasteiger partial charge in [-0.3, -0.25) is 0 Å². The number of hydrogen-bond donors (Lipinski definition) is 1. The van der Waals surface area contributed by atoms with E-state index >= 15 is 0 Å². The first-order valence-electron chi connectivity index (χ1n) is 3.95. The Kier molecular flexibility index (Phi) is 4.48. The molecule has 1 aromatic rings. The molecule has 0 fully saturated rings. The highest BCUT2D eigenvalue weighted by Crippen LogP contribution is 2.34. The van der Waals surface area contributed by atoms with Gasteiger partial charge in [0.1, 0.15) is 0 Å². The molecule has 0 aliphatic rings. The molecule has 0 bridgehead atoms. The fraction of sp³-hybridized carbons (Fsp3) is 0.333. The monoisotopic (exact) mass is 253 g/mol. The van der Waals surface area contributed by atoms with E-state index in [4.69, 9.17) is 45.3 Å². The SMILES string of the molecule is COC[C@H](N)c1ccc(Cl)c(Cl)c1Cl. The van der Waals surface area contributed by atoms with Crippen LogP contribution in [0.4, 0.5) is 0 Å². The van der Waals surface area contributed by atoms with Crippen molar-refractivity contribution in [3.05, 3.63) is 32.8 Å². The molecule has 0 amide bonds. The second kappa shape index (κ2) is 5.19. The lowest BCUT2D eigenvalue weighted by Crippen LogP contribution is -2.16. The predicted molar refractivity (Wildman–Crippen MR) is 60.3 cm³/mol. The van der Waals surface area contributed by atoms with Gasteiger partial charge in [0.25, 0.3) is 0 Å². The van der Waals surface area contributed by atoms with Crippen molar-refractivity contribution >= 4 is 34.8 Å². The minimum atomic E-state index is -0.290. The Hall–Kier alpha value is 0.01000. The van der Waals surface area contributed by atoms with Crippen LogP contribution in [0.25, 0.3) is 0 Å². The van der Waals surface area contributed by atoms with E-state index in [1.54, 1.807) is 19.2 Å². The van der Waals surface area contributed by atoms with E-state index in [0.717, 1.165) is 5.56 Å². The summed E-state index contributed by atoms with van der Waals surface area (Å²) in [6.07, 6.45) is 0. The molecule has 0 radical (unpaired) electrons. The summed E-state index contributed by atoms with van der Waals surface area (Å²) in [5.74, 6) is 0. The van der Waals surface area contributed by atoms with Crippen molar-refractivity contribution in [2.45, 2.75) is 6.04 Å². The van der Waals surface area contributed by atoms with Crippen molar-refractivity contribution in [1.82, 2.24) is 0 Å². The van der Waals surface area contributed by atoms with Crippen LogP contribution in [0.3, 0.4) is 0 Å². The first kappa shape index (κ1) is 12.1. The van der Waals surface area contributed by atoms with E-state index in [0.29, 0.717) is 21.7 Å². The van der Waals surface area contributed by atoms with Crippen molar-refractivity contribution < 1.29 is 4.74 Å². The number of hydrogen-bond acceptors (Lipinski definition) is 2. The number of benzene rings is 1. The van der Waals surface area contributed by atoms with E-state index in [2.05, 4.69) is 0 Å². The predicted octanol–water partition coefficient (Wildman–Crippen LogP) is 3.29. The molecule has 0 spiro atoms. The highest BCUT2D eigenvalue weighted by Gasteiger charge is 2.14. The average molecular weight is 255 g/mol. The Morgan fingerprint density at radius 2 is 1.93 bits per heavy atom. The third-order valence-electron chi connectivity index (χ3n) is 1.81. The van der Waals surface area contributed by atoms with Crippen LogP contribution >= 0.6 is 34.8 Å². The third-order valence-corrected chi connectivity index (χ3v) is 3.12. The molecule has 78 valence electrons. The van der Waals surface area contributed by atoms with Crippen LogP contribution in [0.15, 0.2) is 12.1 Å². The van der Waals surface area contributed by atoms with Gasteiger partial charge in [-0.05, 0) is 11.6 Å². The summed E-state index contributed by atoms with van der Waals surface area (Å²) in [4.78, 5) is 0. The molecule has 0 aliphatic heterocycles. The Bertz CT molecular complexity index is 330. The van der Waals surface area contributed by atoms with Crippen LogP contribution < -0.4 is 5.73 Å². The lowest BCUT2D eigenvalue weighted by Gasteiger charge is -2.13. The first-order valence-corrected chi connectivity index (χ1v) is 5.09.